The highest BCUT2D eigenvalue weighted by molar-refractivity contribution is 7.98. The highest BCUT2D eigenvalue weighted by Gasteiger charge is 2.26. The number of aromatic nitrogens is 2. The fourth-order valence-electron chi connectivity index (χ4n) is 1.79. The number of hydrogen-bond acceptors (Lipinski definition) is 4. The van der Waals surface area contributed by atoms with Crippen molar-refractivity contribution >= 4 is 29.1 Å². The molecule has 0 spiro atoms. The molecule has 2 aromatic heterocycles. The zero-order valence-electron chi connectivity index (χ0n) is 12.2. The Balaban J connectivity index is 2.26. The number of nitrogens with two attached hydrogens (primary N) is 1. The number of amides is 2. The van der Waals surface area contributed by atoms with Crippen LogP contribution in [0.5, 0.6) is 0 Å². The van der Waals surface area contributed by atoms with Gasteiger partial charge in [0.2, 0.25) is 5.91 Å². The molecule has 2 aromatic rings. The summed E-state index contributed by atoms with van der Waals surface area (Å²) >= 11 is 1.46. The summed E-state index contributed by atoms with van der Waals surface area (Å²) in [6, 6.07) is 5.57. The monoisotopic (exact) mass is 306 g/mol. The summed E-state index contributed by atoms with van der Waals surface area (Å²) in [4.78, 5) is 27.9. The van der Waals surface area contributed by atoms with Crippen molar-refractivity contribution in [2.75, 3.05) is 12.8 Å². The van der Waals surface area contributed by atoms with Gasteiger partial charge in [0, 0.05) is 12.7 Å². The third-order valence-corrected chi connectivity index (χ3v) is 3.92. The largest absolute Gasteiger partial charge is 0.369 e. The first-order chi connectivity index (χ1) is 9.86. The molecule has 0 saturated heterocycles. The third kappa shape index (κ3) is 3.02. The molecule has 3 N–H and O–H groups in total. The van der Waals surface area contributed by atoms with Crippen molar-refractivity contribution in [3.63, 3.8) is 0 Å². The molecule has 21 heavy (non-hydrogen) atoms. The standard InChI is InChI=1S/C14H18N4O2S/c1-14(2,12(15)20)8-16-11(19)10-9-6-4-5-7-18(9)13(17-10)21-3/h4-7H,8H2,1-3H3,(H2,15,20)(H,16,19). The molecular weight excluding hydrogens is 288 g/mol. The number of fused-ring (bicyclic) bond motifs is 1. The highest BCUT2D eigenvalue weighted by Crippen LogP contribution is 2.20. The Hall–Kier alpha value is -2.02. The van der Waals surface area contributed by atoms with Crippen LogP contribution in [0.15, 0.2) is 29.6 Å². The van der Waals surface area contributed by atoms with Crippen LogP contribution in [-0.4, -0.2) is 34.0 Å². The minimum absolute atomic E-state index is 0.168. The summed E-state index contributed by atoms with van der Waals surface area (Å²) in [5.41, 5.74) is 5.58. The number of nitrogens with one attached hydrogen (secondary N) is 1. The smallest absolute Gasteiger partial charge is 0.272 e. The molecule has 2 rings (SSSR count). The van der Waals surface area contributed by atoms with E-state index >= 15 is 0 Å². The number of primary amides is 1. The van der Waals surface area contributed by atoms with Crippen LogP contribution in [0, 0.1) is 5.41 Å². The van der Waals surface area contributed by atoms with E-state index in [1.807, 2.05) is 35.1 Å². The van der Waals surface area contributed by atoms with E-state index in [0.717, 1.165) is 10.7 Å². The number of rotatable bonds is 5. The number of nitrogens with zero attached hydrogens (tertiary/aromatic N) is 2. The molecule has 0 radical (unpaired) electrons. The maximum absolute atomic E-state index is 12.3. The molecular formula is C14H18N4O2S. The molecule has 0 saturated carbocycles. The summed E-state index contributed by atoms with van der Waals surface area (Å²) in [5.74, 6) is -0.768. The topological polar surface area (TPSA) is 89.5 Å². The normalized spacial score (nSPS) is 11.6. The minimum Gasteiger partial charge on any atom is -0.369 e. The second-order valence-corrected chi connectivity index (χ2v) is 6.11. The van der Waals surface area contributed by atoms with E-state index in [2.05, 4.69) is 10.3 Å². The van der Waals surface area contributed by atoms with Crippen molar-refractivity contribution in [3.8, 4) is 0 Å². The average Bonchev–Trinajstić information content (AvgIpc) is 2.83. The Morgan fingerprint density at radius 2 is 2.14 bits per heavy atom. The lowest BCUT2D eigenvalue weighted by atomic mass is 9.93. The summed E-state index contributed by atoms with van der Waals surface area (Å²) in [6.45, 7) is 3.55. The summed E-state index contributed by atoms with van der Waals surface area (Å²) in [5, 5.41) is 3.47. The zero-order chi connectivity index (χ0) is 15.6. The van der Waals surface area contributed by atoms with Crippen LogP contribution in [0.2, 0.25) is 0 Å². The van der Waals surface area contributed by atoms with Crippen LogP contribution < -0.4 is 11.1 Å². The summed E-state index contributed by atoms with van der Waals surface area (Å²) in [6.07, 6.45) is 3.76. The van der Waals surface area contributed by atoms with Gasteiger partial charge in [-0.15, -0.1) is 0 Å². The van der Waals surface area contributed by atoms with Gasteiger partial charge in [0.05, 0.1) is 10.9 Å². The van der Waals surface area contributed by atoms with E-state index in [0.29, 0.717) is 5.69 Å². The average molecular weight is 306 g/mol. The van der Waals surface area contributed by atoms with E-state index in [4.69, 9.17) is 5.73 Å². The van der Waals surface area contributed by atoms with Gasteiger partial charge in [-0.25, -0.2) is 4.98 Å². The first-order valence-electron chi connectivity index (χ1n) is 6.46. The summed E-state index contributed by atoms with van der Waals surface area (Å²) < 4.78 is 1.86. The van der Waals surface area contributed by atoms with Crippen LogP contribution in [0.4, 0.5) is 0 Å². The van der Waals surface area contributed by atoms with Crippen LogP contribution in [-0.2, 0) is 4.79 Å². The SMILES string of the molecule is CSc1nc(C(=O)NCC(C)(C)C(N)=O)c2ccccn12. The van der Waals surface area contributed by atoms with Crippen molar-refractivity contribution in [3.05, 3.63) is 30.1 Å². The quantitative estimate of drug-likeness (QED) is 0.815. The molecule has 0 aliphatic rings. The molecule has 0 atom stereocenters. The maximum Gasteiger partial charge on any atom is 0.272 e. The molecule has 0 aliphatic heterocycles. The number of pyridine rings is 1. The van der Waals surface area contributed by atoms with Gasteiger partial charge in [0.25, 0.3) is 5.91 Å². The third-order valence-electron chi connectivity index (χ3n) is 3.27. The molecule has 0 aliphatic carbocycles. The second-order valence-electron chi connectivity index (χ2n) is 5.33. The number of thioether (sulfide) groups is 1. The van der Waals surface area contributed by atoms with Gasteiger partial charge < -0.3 is 11.1 Å². The maximum atomic E-state index is 12.3. The fourth-order valence-corrected chi connectivity index (χ4v) is 2.33. The second kappa shape index (κ2) is 5.77. The zero-order valence-corrected chi connectivity index (χ0v) is 13.0. The Morgan fingerprint density at radius 3 is 2.76 bits per heavy atom. The van der Waals surface area contributed by atoms with Crippen molar-refractivity contribution in [2.45, 2.75) is 19.0 Å². The highest BCUT2D eigenvalue weighted by atomic mass is 32.2. The minimum atomic E-state index is -0.798. The van der Waals surface area contributed by atoms with E-state index < -0.39 is 11.3 Å². The van der Waals surface area contributed by atoms with Gasteiger partial charge in [-0.2, -0.15) is 0 Å². The first kappa shape index (κ1) is 15.4. The van der Waals surface area contributed by atoms with Gasteiger partial charge >= 0.3 is 0 Å². The Labute approximate surface area is 127 Å². The van der Waals surface area contributed by atoms with Gasteiger partial charge in [-0.3, -0.25) is 14.0 Å². The number of carbonyl (C=O) groups excluding carboxylic acids is 2. The number of carbonyl (C=O) groups is 2. The van der Waals surface area contributed by atoms with E-state index in [-0.39, 0.29) is 12.5 Å². The fraction of sp³-hybridized carbons (Fsp3) is 0.357. The van der Waals surface area contributed by atoms with Crippen molar-refractivity contribution < 1.29 is 9.59 Å². The lowest BCUT2D eigenvalue weighted by Crippen LogP contribution is -2.42. The first-order valence-corrected chi connectivity index (χ1v) is 7.68. The molecule has 2 heterocycles. The van der Waals surface area contributed by atoms with Crippen molar-refractivity contribution in [1.29, 1.82) is 0 Å². The van der Waals surface area contributed by atoms with E-state index in [1.54, 1.807) is 13.8 Å². The van der Waals surface area contributed by atoms with Crippen LogP contribution >= 0.6 is 11.8 Å². The van der Waals surface area contributed by atoms with Gasteiger partial charge in [-0.05, 0) is 32.2 Å². The van der Waals surface area contributed by atoms with E-state index in [9.17, 15) is 9.59 Å². The number of hydrogen-bond donors (Lipinski definition) is 2. The molecule has 7 heteroatoms. The summed E-state index contributed by atoms with van der Waals surface area (Å²) in [7, 11) is 0. The van der Waals surface area contributed by atoms with Crippen LogP contribution in [0.3, 0.4) is 0 Å². The van der Waals surface area contributed by atoms with Crippen molar-refractivity contribution in [1.82, 2.24) is 14.7 Å². The van der Waals surface area contributed by atoms with Crippen molar-refractivity contribution in [2.24, 2.45) is 11.1 Å². The molecule has 0 aromatic carbocycles. The van der Waals surface area contributed by atoms with Gasteiger partial charge in [0.1, 0.15) is 0 Å². The molecule has 0 bridgehead atoms. The van der Waals surface area contributed by atoms with E-state index in [1.165, 1.54) is 11.8 Å². The number of imidazole rings is 1. The lowest BCUT2D eigenvalue weighted by Gasteiger charge is -2.20. The predicted molar refractivity (Wildman–Crippen MR) is 82.3 cm³/mol. The Bertz CT molecular complexity index is 693. The lowest BCUT2D eigenvalue weighted by molar-refractivity contribution is -0.125. The van der Waals surface area contributed by atoms with Gasteiger partial charge in [-0.1, -0.05) is 17.8 Å². The molecule has 6 nitrogen and oxygen atoms in total. The molecule has 0 fully saturated rings. The van der Waals surface area contributed by atoms with Gasteiger partial charge in [0.15, 0.2) is 10.9 Å². The molecule has 0 unspecified atom stereocenters. The Kier molecular flexibility index (Phi) is 4.22. The van der Waals surface area contributed by atoms with Crippen LogP contribution in [0.1, 0.15) is 24.3 Å². The molecule has 2 amide bonds. The van der Waals surface area contributed by atoms with Crippen LogP contribution in [0.25, 0.3) is 5.52 Å². The molecule has 112 valence electrons. The Morgan fingerprint density at radius 1 is 1.43 bits per heavy atom. The predicted octanol–water partition coefficient (Wildman–Crippen LogP) is 1.30.